The number of anilines is 3. The molecule has 2 N–H and O–H groups in total. The molecule has 1 saturated heterocycles. The fourth-order valence-electron chi connectivity index (χ4n) is 4.52. The second-order valence-corrected chi connectivity index (χ2v) is 8.87. The highest BCUT2D eigenvalue weighted by Crippen LogP contribution is 2.40. The molecule has 11 nitrogen and oxygen atoms in total. The Kier molecular flexibility index (Phi) is 7.43. The molecule has 1 aliphatic heterocycles. The zero-order valence-electron chi connectivity index (χ0n) is 21.7. The third kappa shape index (κ3) is 5.26. The van der Waals surface area contributed by atoms with Gasteiger partial charge in [0.1, 0.15) is 0 Å². The Bertz CT molecular complexity index is 1400. The molecule has 0 aliphatic carbocycles. The maximum Gasteiger partial charge on any atom is 0.231 e. The molecule has 0 radical (unpaired) electrons. The van der Waals surface area contributed by atoms with Gasteiger partial charge in [-0.25, -0.2) is 4.98 Å². The Morgan fingerprint density at radius 1 is 0.974 bits per heavy atom. The molecule has 0 bridgehead atoms. The molecule has 3 heterocycles. The third-order valence-electron chi connectivity index (χ3n) is 6.47. The van der Waals surface area contributed by atoms with Gasteiger partial charge in [-0.05, 0) is 12.0 Å². The maximum atomic E-state index is 12.1. The molecule has 0 atom stereocenters. The zero-order chi connectivity index (χ0) is 26.5. The number of likely N-dealkylation sites (tertiary alicyclic amines) is 1. The molecule has 0 unspecified atom stereocenters. The maximum absolute atomic E-state index is 12.1. The number of hydrogen-bond acceptors (Lipinski definition) is 9. The lowest BCUT2D eigenvalue weighted by atomic mass is 10.2. The highest BCUT2D eigenvalue weighted by molar-refractivity contribution is 5.85. The lowest BCUT2D eigenvalue weighted by Crippen LogP contribution is -2.28. The van der Waals surface area contributed by atoms with Crippen LogP contribution < -0.4 is 24.8 Å². The van der Waals surface area contributed by atoms with Gasteiger partial charge < -0.3 is 34.3 Å². The first-order chi connectivity index (χ1) is 18.6. The number of nitrogens with zero attached hydrogens (tertiary/aromatic N) is 5. The summed E-state index contributed by atoms with van der Waals surface area (Å²) in [7, 11) is 4.70. The van der Waals surface area contributed by atoms with Crippen LogP contribution in [0.25, 0.3) is 11.2 Å². The van der Waals surface area contributed by atoms with Crippen LogP contribution in [0.4, 0.5) is 17.5 Å². The van der Waals surface area contributed by atoms with E-state index in [0.717, 1.165) is 18.5 Å². The predicted molar refractivity (Wildman–Crippen MR) is 144 cm³/mol. The Morgan fingerprint density at radius 3 is 2.39 bits per heavy atom. The lowest BCUT2D eigenvalue weighted by Gasteiger charge is -2.16. The molecule has 38 heavy (non-hydrogen) atoms. The van der Waals surface area contributed by atoms with E-state index in [0.29, 0.717) is 71.9 Å². The van der Waals surface area contributed by atoms with Gasteiger partial charge in [-0.3, -0.25) is 4.79 Å². The minimum Gasteiger partial charge on any atom is -0.493 e. The molecule has 2 aromatic carbocycles. The molecule has 5 rings (SSSR count). The number of carbonyl (C=O) groups excluding carboxylic acids is 1. The fraction of sp³-hybridized carbons (Fsp3) is 0.333. The van der Waals surface area contributed by atoms with Crippen molar-refractivity contribution in [1.82, 2.24) is 24.4 Å². The first-order valence-corrected chi connectivity index (χ1v) is 12.4. The largest absolute Gasteiger partial charge is 0.493 e. The van der Waals surface area contributed by atoms with Crippen molar-refractivity contribution in [3.05, 3.63) is 54.4 Å². The number of imidazole rings is 1. The highest BCUT2D eigenvalue weighted by Gasteiger charge is 2.21. The van der Waals surface area contributed by atoms with E-state index in [1.54, 1.807) is 39.8 Å². The summed E-state index contributed by atoms with van der Waals surface area (Å²) < 4.78 is 18.4. The number of aromatic nitrogens is 4. The molecule has 1 fully saturated rings. The molecular weight excluding hydrogens is 486 g/mol. The number of rotatable bonds is 11. The predicted octanol–water partition coefficient (Wildman–Crippen LogP) is 3.83. The zero-order valence-corrected chi connectivity index (χ0v) is 21.7. The smallest absolute Gasteiger partial charge is 0.231 e. The number of amides is 1. The summed E-state index contributed by atoms with van der Waals surface area (Å²) in [6.45, 7) is 2.56. The van der Waals surface area contributed by atoms with Gasteiger partial charge in [0.2, 0.25) is 17.6 Å². The van der Waals surface area contributed by atoms with Crippen molar-refractivity contribution in [2.45, 2.75) is 25.9 Å². The molecule has 2 aromatic heterocycles. The summed E-state index contributed by atoms with van der Waals surface area (Å²) in [5, 5.41) is 6.68. The summed E-state index contributed by atoms with van der Waals surface area (Å²) in [4.78, 5) is 28.1. The minimum atomic E-state index is 0.194. The van der Waals surface area contributed by atoms with Crippen molar-refractivity contribution in [2.75, 3.05) is 45.1 Å². The topological polar surface area (TPSA) is 116 Å². The van der Waals surface area contributed by atoms with E-state index < -0.39 is 0 Å². The van der Waals surface area contributed by atoms with E-state index in [1.165, 1.54) is 0 Å². The van der Waals surface area contributed by atoms with E-state index in [4.69, 9.17) is 24.2 Å². The normalized spacial score (nSPS) is 13.1. The van der Waals surface area contributed by atoms with E-state index in [1.807, 2.05) is 39.8 Å². The monoisotopic (exact) mass is 517 g/mol. The van der Waals surface area contributed by atoms with Crippen molar-refractivity contribution in [1.29, 1.82) is 0 Å². The highest BCUT2D eigenvalue weighted by atomic mass is 16.5. The van der Waals surface area contributed by atoms with Crippen LogP contribution in [0.2, 0.25) is 0 Å². The molecule has 11 heteroatoms. The number of ether oxygens (including phenoxy) is 3. The second-order valence-electron chi connectivity index (χ2n) is 8.87. The van der Waals surface area contributed by atoms with Gasteiger partial charge in [0, 0.05) is 50.4 Å². The summed E-state index contributed by atoms with van der Waals surface area (Å²) in [5.41, 5.74) is 3.10. The molecule has 4 aromatic rings. The van der Waals surface area contributed by atoms with Crippen molar-refractivity contribution in [3.63, 3.8) is 0 Å². The van der Waals surface area contributed by atoms with Gasteiger partial charge >= 0.3 is 0 Å². The average molecular weight is 518 g/mol. The number of fused-ring (bicyclic) bond motifs is 1. The molecule has 0 saturated carbocycles. The van der Waals surface area contributed by atoms with Gasteiger partial charge in [0.05, 0.1) is 27.7 Å². The van der Waals surface area contributed by atoms with Crippen molar-refractivity contribution < 1.29 is 19.0 Å². The Labute approximate surface area is 220 Å². The number of benzene rings is 2. The van der Waals surface area contributed by atoms with Crippen LogP contribution in [0.1, 0.15) is 18.4 Å². The molecule has 1 aliphatic rings. The summed E-state index contributed by atoms with van der Waals surface area (Å²) in [5.74, 6) is 2.69. The molecular formula is C27H31N7O4. The van der Waals surface area contributed by atoms with E-state index >= 15 is 0 Å². The molecule has 198 valence electrons. The fourth-order valence-corrected chi connectivity index (χ4v) is 4.52. The van der Waals surface area contributed by atoms with Crippen LogP contribution in [0.3, 0.4) is 0 Å². The number of hydrogen-bond donors (Lipinski definition) is 2. The lowest BCUT2D eigenvalue weighted by molar-refractivity contribution is -0.127. The third-order valence-corrected chi connectivity index (χ3v) is 6.47. The van der Waals surface area contributed by atoms with Crippen LogP contribution in [0.5, 0.6) is 17.2 Å². The first kappa shape index (κ1) is 25.1. The van der Waals surface area contributed by atoms with Gasteiger partial charge in [0.15, 0.2) is 28.5 Å². The quantitative estimate of drug-likeness (QED) is 0.306. The SMILES string of the molecule is COc1cc(Nc2nc(NCc3ccccc3)c3ncn(CCN4CCCC4=O)c3n2)cc(OC)c1OC. The average Bonchev–Trinajstić information content (AvgIpc) is 3.55. The summed E-state index contributed by atoms with van der Waals surface area (Å²) in [6.07, 6.45) is 3.27. The van der Waals surface area contributed by atoms with Gasteiger partial charge in [-0.1, -0.05) is 30.3 Å². The van der Waals surface area contributed by atoms with Crippen molar-refractivity contribution in [2.24, 2.45) is 0 Å². The molecule has 1 amide bonds. The number of nitrogens with one attached hydrogen (secondary N) is 2. The summed E-state index contributed by atoms with van der Waals surface area (Å²) in [6, 6.07) is 13.7. The Hall–Kier alpha value is -4.54. The van der Waals surface area contributed by atoms with Crippen LogP contribution in [-0.4, -0.2) is 64.7 Å². The summed E-state index contributed by atoms with van der Waals surface area (Å²) >= 11 is 0. The Balaban J connectivity index is 1.48. The number of carbonyl (C=O) groups is 1. The number of methoxy groups -OCH3 is 3. The minimum absolute atomic E-state index is 0.194. The standard InChI is InChI=1S/C27H31N7O4/c1-36-20-14-19(15-21(37-2)24(20)38-3)30-27-31-25(28-16-18-8-5-4-6-9-18)23-26(32-27)34(17-29-23)13-12-33-11-7-10-22(33)35/h4-6,8-9,14-15,17H,7,10-13,16H2,1-3H3,(H2,28,30,31,32). The van der Waals surface area contributed by atoms with Gasteiger partial charge in [-0.15, -0.1) is 0 Å². The van der Waals surface area contributed by atoms with E-state index in [9.17, 15) is 4.79 Å². The van der Waals surface area contributed by atoms with E-state index in [2.05, 4.69) is 15.6 Å². The van der Waals surface area contributed by atoms with Gasteiger partial charge in [0.25, 0.3) is 0 Å². The van der Waals surface area contributed by atoms with Crippen LogP contribution in [0, 0.1) is 0 Å². The van der Waals surface area contributed by atoms with Crippen molar-refractivity contribution in [3.8, 4) is 17.2 Å². The van der Waals surface area contributed by atoms with Crippen LogP contribution in [-0.2, 0) is 17.9 Å². The first-order valence-electron chi connectivity index (χ1n) is 12.4. The second kappa shape index (κ2) is 11.2. The Morgan fingerprint density at radius 2 is 1.74 bits per heavy atom. The molecule has 0 spiro atoms. The van der Waals surface area contributed by atoms with Crippen molar-refractivity contribution >= 4 is 34.5 Å². The van der Waals surface area contributed by atoms with Crippen LogP contribution >= 0.6 is 0 Å². The van der Waals surface area contributed by atoms with Crippen LogP contribution in [0.15, 0.2) is 48.8 Å². The van der Waals surface area contributed by atoms with E-state index in [-0.39, 0.29) is 5.91 Å². The van der Waals surface area contributed by atoms with Gasteiger partial charge in [-0.2, -0.15) is 9.97 Å².